The molecule has 2 heterocycles. The highest BCUT2D eigenvalue weighted by molar-refractivity contribution is 5.98. The Labute approximate surface area is 121 Å². The van der Waals surface area contributed by atoms with Crippen LogP contribution in [-0.4, -0.2) is 22.4 Å². The lowest BCUT2D eigenvalue weighted by Crippen LogP contribution is -2.24. The average Bonchev–Trinajstić information content (AvgIpc) is 2.95. The van der Waals surface area contributed by atoms with Crippen molar-refractivity contribution in [2.75, 3.05) is 11.9 Å². The number of nitrogens with one attached hydrogen (secondary N) is 2. The third-order valence-corrected chi connectivity index (χ3v) is 2.79. The number of aromatic nitrogens is 2. The average molecular weight is 292 g/mol. The van der Waals surface area contributed by atoms with Crippen molar-refractivity contribution in [3.05, 3.63) is 41.5 Å². The molecular weight excluding hydrogens is 275 g/mol. The van der Waals surface area contributed by atoms with E-state index in [-0.39, 0.29) is 12.1 Å². The lowest BCUT2D eigenvalue weighted by Gasteiger charge is -2.09. The Morgan fingerprint density at radius 3 is 2.81 bits per heavy atom. The number of hydrogen-bond donors (Lipinski definition) is 2. The molecule has 0 aliphatic rings. The molecule has 2 N–H and O–H groups in total. The molecule has 2 aromatic heterocycles. The van der Waals surface area contributed by atoms with Gasteiger partial charge in [-0.05, 0) is 13.0 Å². The van der Waals surface area contributed by atoms with Crippen LogP contribution in [0.4, 0.5) is 10.2 Å². The van der Waals surface area contributed by atoms with Crippen LogP contribution in [0.25, 0.3) is 0 Å². The molecule has 0 saturated heterocycles. The summed E-state index contributed by atoms with van der Waals surface area (Å²) in [6, 6.07) is 1.15. The Balaban J connectivity index is 2.07. The van der Waals surface area contributed by atoms with Gasteiger partial charge in [-0.2, -0.15) is 0 Å². The second kappa shape index (κ2) is 6.83. The first-order chi connectivity index (χ1) is 10.1. The van der Waals surface area contributed by atoms with E-state index in [4.69, 9.17) is 4.42 Å². The number of carbonyl (C=O) groups is 1. The molecule has 0 spiro atoms. The van der Waals surface area contributed by atoms with Gasteiger partial charge in [0.2, 0.25) is 5.89 Å². The molecule has 0 saturated carbocycles. The summed E-state index contributed by atoms with van der Waals surface area (Å²) in [4.78, 5) is 20.0. The number of nitrogens with zero attached hydrogens (tertiary/aromatic N) is 2. The number of anilines is 1. The normalized spacial score (nSPS) is 10.4. The summed E-state index contributed by atoms with van der Waals surface area (Å²) in [5.41, 5.74) is 0.152. The number of rotatable bonds is 6. The van der Waals surface area contributed by atoms with E-state index in [2.05, 4.69) is 20.6 Å². The van der Waals surface area contributed by atoms with Crippen LogP contribution in [0.5, 0.6) is 0 Å². The van der Waals surface area contributed by atoms with Gasteiger partial charge in [-0.15, -0.1) is 0 Å². The molecule has 0 radical (unpaired) electrons. The molecule has 2 aromatic rings. The highest BCUT2D eigenvalue weighted by Gasteiger charge is 2.14. The topological polar surface area (TPSA) is 80.0 Å². The van der Waals surface area contributed by atoms with Crippen molar-refractivity contribution >= 4 is 11.7 Å². The van der Waals surface area contributed by atoms with Gasteiger partial charge in [-0.1, -0.05) is 6.92 Å². The van der Waals surface area contributed by atoms with Gasteiger partial charge >= 0.3 is 0 Å². The molecule has 6 nitrogen and oxygen atoms in total. The highest BCUT2D eigenvalue weighted by atomic mass is 19.1. The summed E-state index contributed by atoms with van der Waals surface area (Å²) in [5.74, 6) is 0.507. The molecule has 1 amide bonds. The molecule has 0 aromatic carbocycles. The van der Waals surface area contributed by atoms with Crippen LogP contribution < -0.4 is 10.6 Å². The maximum atomic E-state index is 13.3. The summed E-state index contributed by atoms with van der Waals surface area (Å²) in [7, 11) is 0. The molecule has 0 unspecified atom stereocenters. The van der Waals surface area contributed by atoms with Crippen molar-refractivity contribution in [2.24, 2.45) is 0 Å². The first-order valence-electron chi connectivity index (χ1n) is 6.75. The van der Waals surface area contributed by atoms with Crippen LogP contribution in [0.1, 0.15) is 35.9 Å². The second-order valence-corrected chi connectivity index (χ2v) is 4.34. The quantitative estimate of drug-likeness (QED) is 0.852. The van der Waals surface area contributed by atoms with E-state index < -0.39 is 11.7 Å². The van der Waals surface area contributed by atoms with Crippen LogP contribution in [0, 0.1) is 5.82 Å². The lowest BCUT2D eigenvalue weighted by atomic mass is 10.2. The molecule has 2 rings (SSSR count). The van der Waals surface area contributed by atoms with E-state index >= 15 is 0 Å². The van der Waals surface area contributed by atoms with Crippen molar-refractivity contribution in [1.29, 1.82) is 0 Å². The van der Waals surface area contributed by atoms with E-state index in [0.29, 0.717) is 18.3 Å². The molecule has 21 heavy (non-hydrogen) atoms. The van der Waals surface area contributed by atoms with Crippen molar-refractivity contribution < 1.29 is 13.6 Å². The number of hydrogen-bond acceptors (Lipinski definition) is 5. The second-order valence-electron chi connectivity index (χ2n) is 4.34. The summed E-state index contributed by atoms with van der Waals surface area (Å²) in [6.45, 7) is 4.54. The number of carbonyl (C=O) groups excluding carboxylic acids is 1. The van der Waals surface area contributed by atoms with E-state index in [1.54, 1.807) is 6.20 Å². The molecule has 0 bridgehead atoms. The molecule has 0 atom stereocenters. The minimum absolute atomic E-state index is 0.140. The van der Waals surface area contributed by atoms with Gasteiger partial charge in [-0.3, -0.25) is 4.79 Å². The van der Waals surface area contributed by atoms with Crippen LogP contribution in [0.3, 0.4) is 0 Å². The molecular formula is C14H17FN4O2. The van der Waals surface area contributed by atoms with Crippen LogP contribution in [-0.2, 0) is 13.0 Å². The SMILES string of the molecule is CCNc1ncc(F)cc1C(=O)NCc1ncc(CC)o1. The Bertz CT molecular complexity index is 627. The van der Waals surface area contributed by atoms with Gasteiger partial charge in [-0.25, -0.2) is 14.4 Å². The fourth-order valence-corrected chi connectivity index (χ4v) is 1.76. The predicted octanol–water partition coefficient (Wildman–Crippen LogP) is 2.13. The minimum atomic E-state index is -0.564. The maximum absolute atomic E-state index is 13.3. The van der Waals surface area contributed by atoms with Crippen molar-refractivity contribution in [2.45, 2.75) is 26.8 Å². The van der Waals surface area contributed by atoms with Crippen LogP contribution >= 0.6 is 0 Å². The number of pyridine rings is 1. The van der Waals surface area contributed by atoms with Crippen molar-refractivity contribution in [1.82, 2.24) is 15.3 Å². The van der Waals surface area contributed by atoms with E-state index in [1.165, 1.54) is 0 Å². The molecule has 0 aliphatic carbocycles. The third-order valence-electron chi connectivity index (χ3n) is 2.79. The molecule has 112 valence electrons. The Morgan fingerprint density at radius 2 is 2.14 bits per heavy atom. The van der Waals surface area contributed by atoms with Gasteiger partial charge in [0.05, 0.1) is 24.5 Å². The van der Waals surface area contributed by atoms with Crippen LogP contribution in [0.15, 0.2) is 22.9 Å². The maximum Gasteiger partial charge on any atom is 0.255 e. The standard InChI is InChI=1S/C14H17FN4O2/c1-3-10-7-17-12(21-10)8-19-14(20)11-5-9(15)6-18-13(11)16-4-2/h5-7H,3-4,8H2,1-2H3,(H,16,18)(H,19,20). The predicted molar refractivity (Wildman–Crippen MR) is 75.4 cm³/mol. The summed E-state index contributed by atoms with van der Waals surface area (Å²) in [5, 5.41) is 5.55. The first kappa shape index (κ1) is 15.0. The Morgan fingerprint density at radius 1 is 1.33 bits per heavy atom. The Hall–Kier alpha value is -2.44. The largest absolute Gasteiger partial charge is 0.444 e. The third kappa shape index (κ3) is 3.77. The fourth-order valence-electron chi connectivity index (χ4n) is 1.76. The van der Waals surface area contributed by atoms with E-state index in [9.17, 15) is 9.18 Å². The highest BCUT2D eigenvalue weighted by Crippen LogP contribution is 2.13. The molecule has 0 fully saturated rings. The number of oxazole rings is 1. The summed E-state index contributed by atoms with van der Waals surface area (Å²) < 4.78 is 18.6. The van der Waals surface area contributed by atoms with Crippen molar-refractivity contribution in [3.8, 4) is 0 Å². The van der Waals surface area contributed by atoms with Gasteiger partial charge in [0.15, 0.2) is 0 Å². The van der Waals surface area contributed by atoms with Gasteiger partial charge < -0.3 is 15.1 Å². The summed E-state index contributed by atoms with van der Waals surface area (Å²) in [6.07, 6.45) is 3.42. The van der Waals surface area contributed by atoms with E-state index in [1.807, 2.05) is 13.8 Å². The van der Waals surface area contributed by atoms with E-state index in [0.717, 1.165) is 24.4 Å². The van der Waals surface area contributed by atoms with Gasteiger partial charge in [0.1, 0.15) is 17.4 Å². The Kier molecular flexibility index (Phi) is 4.86. The molecule has 7 heteroatoms. The van der Waals surface area contributed by atoms with Crippen LogP contribution in [0.2, 0.25) is 0 Å². The zero-order chi connectivity index (χ0) is 15.2. The van der Waals surface area contributed by atoms with Gasteiger partial charge in [0.25, 0.3) is 5.91 Å². The monoisotopic (exact) mass is 292 g/mol. The zero-order valence-electron chi connectivity index (χ0n) is 11.9. The molecule has 0 aliphatic heterocycles. The number of aryl methyl sites for hydroxylation is 1. The van der Waals surface area contributed by atoms with Gasteiger partial charge in [0, 0.05) is 13.0 Å². The van der Waals surface area contributed by atoms with Crippen molar-refractivity contribution in [3.63, 3.8) is 0 Å². The zero-order valence-corrected chi connectivity index (χ0v) is 11.9. The minimum Gasteiger partial charge on any atom is -0.444 e. The summed E-state index contributed by atoms with van der Waals surface area (Å²) >= 11 is 0. The lowest BCUT2D eigenvalue weighted by molar-refractivity contribution is 0.0947. The smallest absolute Gasteiger partial charge is 0.255 e. The number of halogens is 1. The fraction of sp³-hybridized carbons (Fsp3) is 0.357. The number of amides is 1. The first-order valence-corrected chi connectivity index (χ1v) is 6.75.